The summed E-state index contributed by atoms with van der Waals surface area (Å²) in [6.07, 6.45) is 1.63. The van der Waals surface area contributed by atoms with Crippen molar-refractivity contribution in [3.05, 3.63) is 104 Å². The Balaban J connectivity index is 2.00. The summed E-state index contributed by atoms with van der Waals surface area (Å²) in [4.78, 5) is 42.5. The Morgan fingerprint density at radius 2 is 2.00 bits per heavy atom. The van der Waals surface area contributed by atoms with Crippen LogP contribution in [0.4, 0.5) is 5.69 Å². The number of fused-ring (bicyclic) bond motifs is 1. The van der Waals surface area contributed by atoms with Crippen molar-refractivity contribution in [2.75, 3.05) is 6.61 Å². The van der Waals surface area contributed by atoms with Crippen molar-refractivity contribution in [3.63, 3.8) is 0 Å². The maximum Gasteiger partial charge on any atom is 0.338 e. The van der Waals surface area contributed by atoms with Gasteiger partial charge in [-0.25, -0.2) is 9.79 Å². The van der Waals surface area contributed by atoms with Gasteiger partial charge in [0.05, 0.1) is 33.4 Å². The molecule has 0 radical (unpaired) electrons. The summed E-state index contributed by atoms with van der Waals surface area (Å²) in [6, 6.07) is 8.61. The summed E-state index contributed by atoms with van der Waals surface area (Å²) < 4.78 is 6.95. The number of rotatable bonds is 5. The zero-order valence-electron chi connectivity index (χ0n) is 18.9. The lowest BCUT2D eigenvalue weighted by atomic mass is 9.94. The van der Waals surface area contributed by atoms with Crippen molar-refractivity contribution in [1.82, 2.24) is 4.57 Å². The third kappa shape index (κ3) is 4.67. The third-order valence-corrected chi connectivity index (χ3v) is 7.06. The minimum Gasteiger partial charge on any atom is -0.463 e. The van der Waals surface area contributed by atoms with Crippen LogP contribution in [0.2, 0.25) is 10.0 Å². The van der Waals surface area contributed by atoms with Crippen LogP contribution in [0.15, 0.2) is 57.5 Å². The maximum absolute atomic E-state index is 13.6. The average Bonchev–Trinajstić information content (AvgIpc) is 3.09. The van der Waals surface area contributed by atoms with E-state index in [0.717, 1.165) is 11.3 Å². The molecule has 1 aliphatic heterocycles. The lowest BCUT2D eigenvalue weighted by Gasteiger charge is -2.24. The van der Waals surface area contributed by atoms with Crippen molar-refractivity contribution < 1.29 is 14.5 Å². The molecular formula is C24H19Cl2N3O5S. The standard InChI is InChI=1S/C24H19Cl2N3O5S/c1-4-34-23(31)20-13(3)27-24-28(21(20)15-6-5-12(2)18(9-15)29(32)33)22(30)19(35-24)10-14-7-8-16(25)11-17(14)26/h5-11,21H,4H2,1-3H3/b19-10+/t21-/m0/s1. The summed E-state index contributed by atoms with van der Waals surface area (Å²) in [7, 11) is 0. The summed E-state index contributed by atoms with van der Waals surface area (Å²) in [5.41, 5.74) is 1.43. The predicted molar refractivity (Wildman–Crippen MR) is 135 cm³/mol. The summed E-state index contributed by atoms with van der Waals surface area (Å²) >= 11 is 13.4. The molecule has 1 aliphatic rings. The number of thiazole rings is 1. The average molecular weight is 532 g/mol. The van der Waals surface area contributed by atoms with E-state index in [0.29, 0.717) is 41.8 Å². The molecule has 3 aromatic rings. The molecule has 0 saturated carbocycles. The Morgan fingerprint density at radius 1 is 1.26 bits per heavy atom. The van der Waals surface area contributed by atoms with Gasteiger partial charge in [-0.1, -0.05) is 52.7 Å². The molecule has 0 N–H and O–H groups in total. The van der Waals surface area contributed by atoms with E-state index in [1.807, 2.05) is 0 Å². The van der Waals surface area contributed by atoms with Crippen molar-refractivity contribution >= 4 is 52.3 Å². The molecule has 8 nitrogen and oxygen atoms in total. The van der Waals surface area contributed by atoms with E-state index in [4.69, 9.17) is 27.9 Å². The van der Waals surface area contributed by atoms with Gasteiger partial charge in [0.15, 0.2) is 4.80 Å². The molecule has 0 spiro atoms. The highest BCUT2D eigenvalue weighted by atomic mass is 35.5. The smallest absolute Gasteiger partial charge is 0.338 e. The van der Waals surface area contributed by atoms with E-state index in [1.165, 1.54) is 10.6 Å². The number of esters is 1. The molecule has 0 unspecified atom stereocenters. The number of hydrogen-bond donors (Lipinski definition) is 0. The lowest BCUT2D eigenvalue weighted by molar-refractivity contribution is -0.385. The van der Waals surface area contributed by atoms with Crippen molar-refractivity contribution in [2.24, 2.45) is 4.99 Å². The van der Waals surface area contributed by atoms with Gasteiger partial charge < -0.3 is 4.74 Å². The van der Waals surface area contributed by atoms with Gasteiger partial charge in [-0.3, -0.25) is 19.5 Å². The van der Waals surface area contributed by atoms with Gasteiger partial charge in [-0.05, 0) is 50.1 Å². The Kier molecular flexibility index (Phi) is 6.93. The molecule has 0 saturated heterocycles. The second-order valence-electron chi connectivity index (χ2n) is 7.77. The maximum atomic E-state index is 13.6. The van der Waals surface area contributed by atoms with E-state index < -0.39 is 22.5 Å². The molecule has 0 amide bonds. The first kappa shape index (κ1) is 24.8. The van der Waals surface area contributed by atoms with E-state index in [2.05, 4.69) is 4.99 Å². The fraction of sp³-hybridized carbons (Fsp3) is 0.208. The molecule has 35 heavy (non-hydrogen) atoms. The zero-order valence-corrected chi connectivity index (χ0v) is 21.2. The molecule has 0 bridgehead atoms. The van der Waals surface area contributed by atoms with Crippen LogP contribution in [0.25, 0.3) is 6.08 Å². The van der Waals surface area contributed by atoms with Crippen molar-refractivity contribution in [3.8, 4) is 0 Å². The summed E-state index contributed by atoms with van der Waals surface area (Å²) in [6.45, 7) is 5.06. The summed E-state index contributed by atoms with van der Waals surface area (Å²) in [5.74, 6) is -0.642. The zero-order chi connectivity index (χ0) is 25.4. The summed E-state index contributed by atoms with van der Waals surface area (Å²) in [5, 5.41) is 12.4. The van der Waals surface area contributed by atoms with Gasteiger partial charge >= 0.3 is 5.97 Å². The Bertz CT molecular complexity index is 1590. The minimum atomic E-state index is -0.951. The monoisotopic (exact) mass is 531 g/mol. The number of carbonyl (C=O) groups excluding carboxylic acids is 1. The topological polar surface area (TPSA) is 104 Å². The number of carbonyl (C=O) groups is 1. The number of benzene rings is 2. The van der Waals surface area contributed by atoms with Crippen LogP contribution >= 0.6 is 34.5 Å². The molecule has 0 fully saturated rings. The number of nitrogens with zero attached hydrogens (tertiary/aromatic N) is 3. The highest BCUT2D eigenvalue weighted by Crippen LogP contribution is 2.33. The molecule has 180 valence electrons. The molecule has 1 aromatic heterocycles. The number of nitro groups is 1. The highest BCUT2D eigenvalue weighted by molar-refractivity contribution is 7.07. The van der Waals surface area contributed by atoms with Gasteiger partial charge in [0, 0.05) is 21.7 Å². The number of ether oxygens (including phenoxy) is 1. The van der Waals surface area contributed by atoms with Gasteiger partial charge in [0.25, 0.3) is 11.2 Å². The number of aryl methyl sites for hydroxylation is 1. The molecule has 2 aromatic carbocycles. The number of halogens is 2. The van der Waals surface area contributed by atoms with Crippen LogP contribution in [0.1, 0.15) is 36.6 Å². The normalized spacial score (nSPS) is 15.6. The first-order valence-corrected chi connectivity index (χ1v) is 12.1. The van der Waals surface area contributed by atoms with E-state index in [9.17, 15) is 19.7 Å². The van der Waals surface area contributed by atoms with E-state index >= 15 is 0 Å². The van der Waals surface area contributed by atoms with Gasteiger partial charge in [0.1, 0.15) is 0 Å². The van der Waals surface area contributed by atoms with Crippen molar-refractivity contribution in [1.29, 1.82) is 0 Å². The van der Waals surface area contributed by atoms with E-state index in [1.54, 1.807) is 57.2 Å². The number of nitro benzene ring substituents is 1. The van der Waals surface area contributed by atoms with Gasteiger partial charge in [0.2, 0.25) is 0 Å². The number of allylic oxidation sites excluding steroid dienone is 1. The third-order valence-electron chi connectivity index (χ3n) is 5.51. The first-order valence-electron chi connectivity index (χ1n) is 10.5. The number of hydrogen-bond acceptors (Lipinski definition) is 7. The molecule has 0 aliphatic carbocycles. The lowest BCUT2D eigenvalue weighted by Crippen LogP contribution is -2.40. The quantitative estimate of drug-likeness (QED) is 0.277. The van der Waals surface area contributed by atoms with Crippen LogP contribution in [0.3, 0.4) is 0 Å². The van der Waals surface area contributed by atoms with Crippen LogP contribution in [0.5, 0.6) is 0 Å². The SMILES string of the molecule is CCOC(=O)C1=C(C)N=c2s/c(=C/c3ccc(Cl)cc3Cl)c(=O)n2[C@H]1c1ccc(C)c([N+](=O)[O-])c1. The fourth-order valence-electron chi connectivity index (χ4n) is 3.86. The predicted octanol–water partition coefficient (Wildman–Crippen LogP) is 4.32. The molecular weight excluding hydrogens is 513 g/mol. The minimum absolute atomic E-state index is 0.115. The van der Waals surface area contributed by atoms with Crippen LogP contribution in [-0.4, -0.2) is 22.1 Å². The number of aromatic nitrogens is 1. The van der Waals surface area contributed by atoms with Gasteiger partial charge in [-0.2, -0.15) is 0 Å². The van der Waals surface area contributed by atoms with E-state index in [-0.39, 0.29) is 17.9 Å². The van der Waals surface area contributed by atoms with Gasteiger partial charge in [-0.15, -0.1) is 0 Å². The Labute approximate surface area is 213 Å². The fourth-order valence-corrected chi connectivity index (χ4v) is 5.36. The molecule has 2 heterocycles. The van der Waals surface area contributed by atoms with Crippen molar-refractivity contribution in [2.45, 2.75) is 26.8 Å². The van der Waals surface area contributed by atoms with Crippen LogP contribution in [-0.2, 0) is 9.53 Å². The second-order valence-corrected chi connectivity index (χ2v) is 9.62. The highest BCUT2D eigenvalue weighted by Gasteiger charge is 2.34. The Morgan fingerprint density at radius 3 is 2.66 bits per heavy atom. The second kappa shape index (κ2) is 9.77. The van der Waals surface area contributed by atoms with Crippen LogP contribution in [0, 0.1) is 17.0 Å². The first-order chi connectivity index (χ1) is 16.6. The molecule has 1 atom stereocenters. The Hall–Kier alpha value is -3.27. The molecule has 4 rings (SSSR count). The molecule has 11 heteroatoms. The largest absolute Gasteiger partial charge is 0.463 e. The van der Waals surface area contributed by atoms with Crippen LogP contribution < -0.4 is 14.9 Å².